The lowest BCUT2D eigenvalue weighted by molar-refractivity contribution is 0.563. The summed E-state index contributed by atoms with van der Waals surface area (Å²) in [5.74, 6) is 2.59. The number of anilines is 1. The van der Waals surface area contributed by atoms with Crippen LogP contribution in [0.3, 0.4) is 0 Å². The lowest BCUT2D eigenvalue weighted by Gasteiger charge is -2.26. The van der Waals surface area contributed by atoms with E-state index in [-0.39, 0.29) is 0 Å². The summed E-state index contributed by atoms with van der Waals surface area (Å²) in [5.41, 5.74) is 1.76. The van der Waals surface area contributed by atoms with Crippen molar-refractivity contribution in [1.29, 1.82) is 0 Å². The summed E-state index contributed by atoms with van der Waals surface area (Å²) in [7, 11) is 0. The molecule has 3 rings (SSSR count). The summed E-state index contributed by atoms with van der Waals surface area (Å²) in [4.78, 5) is 6.54. The van der Waals surface area contributed by atoms with Gasteiger partial charge in [-0.25, -0.2) is 4.98 Å². The van der Waals surface area contributed by atoms with Gasteiger partial charge in [0.1, 0.15) is 5.15 Å². The Bertz CT molecular complexity index is 494. The molecule has 2 saturated heterocycles. The SMILES string of the molecule is C#Cc1cc(N2CC[C@@H]3CC[C@H](C2)N3)cnc1Cl. The van der Waals surface area contributed by atoms with Gasteiger partial charge in [0.25, 0.3) is 0 Å². The van der Waals surface area contributed by atoms with Gasteiger partial charge >= 0.3 is 0 Å². The minimum absolute atomic E-state index is 0.413. The van der Waals surface area contributed by atoms with Crippen LogP contribution in [0.15, 0.2) is 12.3 Å². The third-order valence-electron chi connectivity index (χ3n) is 3.87. The number of hydrogen-bond acceptors (Lipinski definition) is 3. The Labute approximate surface area is 113 Å². The van der Waals surface area contributed by atoms with Crippen molar-refractivity contribution in [2.45, 2.75) is 31.3 Å². The Morgan fingerprint density at radius 1 is 1.39 bits per heavy atom. The molecule has 3 heterocycles. The molecule has 2 atom stereocenters. The summed E-state index contributed by atoms with van der Waals surface area (Å²) >= 11 is 5.95. The predicted molar refractivity (Wildman–Crippen MR) is 74.0 cm³/mol. The Morgan fingerprint density at radius 2 is 2.22 bits per heavy atom. The van der Waals surface area contributed by atoms with Crippen molar-refractivity contribution in [3.05, 3.63) is 23.0 Å². The molecule has 0 spiro atoms. The van der Waals surface area contributed by atoms with Crippen molar-refractivity contribution in [3.8, 4) is 12.3 Å². The largest absolute Gasteiger partial charge is 0.369 e. The highest BCUT2D eigenvalue weighted by molar-refractivity contribution is 6.30. The molecule has 2 bridgehead atoms. The monoisotopic (exact) mass is 261 g/mol. The molecule has 0 radical (unpaired) electrons. The smallest absolute Gasteiger partial charge is 0.144 e. The molecule has 0 saturated carbocycles. The van der Waals surface area contributed by atoms with Crippen molar-refractivity contribution in [2.75, 3.05) is 18.0 Å². The van der Waals surface area contributed by atoms with E-state index in [1.165, 1.54) is 19.3 Å². The molecule has 3 nitrogen and oxygen atoms in total. The highest BCUT2D eigenvalue weighted by Gasteiger charge is 2.29. The number of nitrogens with one attached hydrogen (secondary N) is 1. The van der Waals surface area contributed by atoms with Crippen LogP contribution < -0.4 is 10.2 Å². The average Bonchev–Trinajstić information content (AvgIpc) is 2.70. The van der Waals surface area contributed by atoms with Crippen LogP contribution in [0.25, 0.3) is 0 Å². The van der Waals surface area contributed by atoms with Crippen LogP contribution in [0.5, 0.6) is 0 Å². The molecule has 0 unspecified atom stereocenters. The van der Waals surface area contributed by atoms with E-state index in [9.17, 15) is 0 Å². The lowest BCUT2D eigenvalue weighted by Crippen LogP contribution is -2.35. The first-order valence-corrected chi connectivity index (χ1v) is 6.77. The number of fused-ring (bicyclic) bond motifs is 2. The molecule has 0 amide bonds. The molecule has 0 aliphatic carbocycles. The normalized spacial score (nSPS) is 26.8. The third kappa shape index (κ3) is 2.19. The second kappa shape index (κ2) is 4.79. The van der Waals surface area contributed by atoms with E-state index in [1.54, 1.807) is 0 Å². The Morgan fingerprint density at radius 3 is 3.06 bits per heavy atom. The molecule has 2 aliphatic heterocycles. The number of nitrogens with zero attached hydrogens (tertiary/aromatic N) is 2. The van der Waals surface area contributed by atoms with E-state index in [2.05, 4.69) is 21.1 Å². The zero-order valence-electron chi connectivity index (χ0n) is 10.2. The Kier molecular flexibility index (Phi) is 3.15. The van der Waals surface area contributed by atoms with Crippen molar-refractivity contribution in [3.63, 3.8) is 0 Å². The molecular weight excluding hydrogens is 246 g/mol. The van der Waals surface area contributed by atoms with Crippen LogP contribution >= 0.6 is 11.6 Å². The van der Waals surface area contributed by atoms with Gasteiger partial charge < -0.3 is 10.2 Å². The van der Waals surface area contributed by atoms with Gasteiger partial charge in [0.15, 0.2) is 0 Å². The minimum Gasteiger partial charge on any atom is -0.369 e. The summed E-state index contributed by atoms with van der Waals surface area (Å²) < 4.78 is 0. The summed E-state index contributed by atoms with van der Waals surface area (Å²) in [5, 5.41) is 4.08. The van der Waals surface area contributed by atoms with E-state index < -0.39 is 0 Å². The van der Waals surface area contributed by atoms with E-state index in [1.807, 2.05) is 12.3 Å². The fourth-order valence-corrected chi connectivity index (χ4v) is 3.05. The maximum absolute atomic E-state index is 5.95. The van der Waals surface area contributed by atoms with Gasteiger partial charge in [-0.3, -0.25) is 0 Å². The maximum atomic E-state index is 5.95. The van der Waals surface area contributed by atoms with Gasteiger partial charge in [-0.05, 0) is 25.3 Å². The highest BCUT2D eigenvalue weighted by Crippen LogP contribution is 2.26. The average molecular weight is 262 g/mol. The second-order valence-electron chi connectivity index (χ2n) is 5.05. The lowest BCUT2D eigenvalue weighted by atomic mass is 10.1. The molecule has 2 fully saturated rings. The highest BCUT2D eigenvalue weighted by atomic mass is 35.5. The molecule has 1 aromatic rings. The van der Waals surface area contributed by atoms with Crippen LogP contribution in [-0.2, 0) is 0 Å². The van der Waals surface area contributed by atoms with E-state index in [0.717, 1.165) is 18.8 Å². The third-order valence-corrected chi connectivity index (χ3v) is 4.17. The maximum Gasteiger partial charge on any atom is 0.144 e. The van der Waals surface area contributed by atoms with Crippen LogP contribution in [0.4, 0.5) is 5.69 Å². The molecule has 18 heavy (non-hydrogen) atoms. The van der Waals surface area contributed by atoms with Crippen molar-refractivity contribution in [1.82, 2.24) is 10.3 Å². The second-order valence-corrected chi connectivity index (χ2v) is 5.41. The summed E-state index contributed by atoms with van der Waals surface area (Å²) in [6, 6.07) is 3.25. The van der Waals surface area contributed by atoms with E-state index >= 15 is 0 Å². The molecule has 94 valence electrons. The first-order valence-electron chi connectivity index (χ1n) is 6.39. The predicted octanol–water partition coefficient (Wildman–Crippen LogP) is 2.05. The number of aromatic nitrogens is 1. The van der Waals surface area contributed by atoms with Gasteiger partial charge in [-0.1, -0.05) is 17.5 Å². The quantitative estimate of drug-likeness (QED) is 0.620. The Balaban J connectivity index is 1.84. The van der Waals surface area contributed by atoms with Gasteiger partial charge in [0.2, 0.25) is 0 Å². The van der Waals surface area contributed by atoms with Crippen LogP contribution in [-0.4, -0.2) is 30.2 Å². The molecule has 0 aromatic carbocycles. The minimum atomic E-state index is 0.413. The number of pyridine rings is 1. The zero-order valence-corrected chi connectivity index (χ0v) is 11.0. The van der Waals surface area contributed by atoms with Crippen molar-refractivity contribution < 1.29 is 0 Å². The fourth-order valence-electron chi connectivity index (χ4n) is 2.89. The number of halogens is 1. The number of hydrogen-bond donors (Lipinski definition) is 1. The van der Waals surface area contributed by atoms with Gasteiger partial charge in [-0.2, -0.15) is 0 Å². The van der Waals surface area contributed by atoms with Gasteiger partial charge in [-0.15, -0.1) is 6.42 Å². The Hall–Kier alpha value is -1.24. The number of rotatable bonds is 1. The summed E-state index contributed by atoms with van der Waals surface area (Å²) in [6.45, 7) is 2.09. The van der Waals surface area contributed by atoms with Gasteiger partial charge in [0, 0.05) is 25.2 Å². The fraction of sp³-hybridized carbons (Fsp3) is 0.500. The molecule has 4 heteroatoms. The van der Waals surface area contributed by atoms with E-state index in [0.29, 0.717) is 22.8 Å². The standard InChI is InChI=1S/C14H16ClN3/c1-2-10-7-13(8-16-14(10)15)18-6-5-11-3-4-12(9-18)17-11/h1,7-8,11-12,17H,3-6,9H2/t11-,12+/m0/s1. The molecule has 1 N–H and O–H groups in total. The topological polar surface area (TPSA) is 28.2 Å². The first-order chi connectivity index (χ1) is 8.76. The van der Waals surface area contributed by atoms with Gasteiger partial charge in [0.05, 0.1) is 17.4 Å². The van der Waals surface area contributed by atoms with Crippen molar-refractivity contribution >= 4 is 17.3 Å². The van der Waals surface area contributed by atoms with Crippen LogP contribution in [0.2, 0.25) is 5.15 Å². The van der Waals surface area contributed by atoms with E-state index in [4.69, 9.17) is 18.0 Å². The van der Waals surface area contributed by atoms with Crippen LogP contribution in [0.1, 0.15) is 24.8 Å². The molecular formula is C14H16ClN3. The molecule has 1 aromatic heterocycles. The first kappa shape index (κ1) is 11.8. The zero-order chi connectivity index (χ0) is 12.5. The van der Waals surface area contributed by atoms with Crippen molar-refractivity contribution in [2.24, 2.45) is 0 Å². The van der Waals surface area contributed by atoms with Crippen LogP contribution in [0, 0.1) is 12.3 Å². The number of terminal acetylenes is 1. The molecule has 2 aliphatic rings. The summed E-state index contributed by atoms with van der Waals surface area (Å²) in [6.07, 6.45) is 11.0.